The molecule has 0 atom stereocenters. The highest BCUT2D eigenvalue weighted by molar-refractivity contribution is 9.09. The highest BCUT2D eigenvalue weighted by Gasteiger charge is 2.03. The van der Waals surface area contributed by atoms with Gasteiger partial charge in [-0.2, -0.15) is 0 Å². The molecular weight excluding hydrogens is 308 g/mol. The van der Waals surface area contributed by atoms with Gasteiger partial charge >= 0.3 is 0 Å². The molecule has 0 radical (unpaired) electrons. The van der Waals surface area contributed by atoms with Crippen LogP contribution in [0.5, 0.6) is 0 Å². The molecule has 0 amide bonds. The van der Waals surface area contributed by atoms with Crippen molar-refractivity contribution in [3.05, 3.63) is 0 Å². The number of halogens is 1. The van der Waals surface area contributed by atoms with Crippen LogP contribution in [0, 0.1) is 0 Å². The maximum absolute atomic E-state index is 3.87. The quantitative estimate of drug-likeness (QED) is 0.196. The predicted octanol–water partition coefficient (Wildman–Crippen LogP) is 8.03. The Hall–Kier alpha value is 0.480. The van der Waals surface area contributed by atoms with E-state index in [9.17, 15) is 0 Å². The van der Waals surface area contributed by atoms with Crippen LogP contribution in [0.3, 0.4) is 0 Å². The molecule has 0 N–H and O–H groups in total. The number of unbranched alkanes of at least 4 members (excludes halogenated alkanes) is 12. The van der Waals surface area contributed by atoms with Crippen molar-refractivity contribution >= 4 is 15.9 Å². The van der Waals surface area contributed by atoms with Gasteiger partial charge in [-0.1, -0.05) is 120 Å². The number of rotatable bonds is 16. The fourth-order valence-corrected chi connectivity index (χ4v) is 3.44. The van der Waals surface area contributed by atoms with Gasteiger partial charge in [-0.25, -0.2) is 0 Å². The summed E-state index contributed by atoms with van der Waals surface area (Å²) in [6.07, 6.45) is 22.8. The van der Waals surface area contributed by atoms with Crippen LogP contribution in [0.25, 0.3) is 0 Å². The summed E-state index contributed by atoms with van der Waals surface area (Å²) in [5.74, 6) is 0. The number of hydrogen-bond donors (Lipinski definition) is 0. The highest BCUT2D eigenvalue weighted by atomic mass is 79.9. The Labute approximate surface area is 137 Å². The van der Waals surface area contributed by atoms with Crippen molar-refractivity contribution in [2.75, 3.05) is 0 Å². The van der Waals surface area contributed by atoms with E-state index in [-0.39, 0.29) is 0 Å². The molecular formula is C19H39Br. The van der Waals surface area contributed by atoms with Crippen LogP contribution in [-0.4, -0.2) is 4.83 Å². The molecule has 0 spiro atoms. The lowest BCUT2D eigenvalue weighted by Gasteiger charge is -2.09. The molecule has 0 fully saturated rings. The zero-order valence-corrected chi connectivity index (χ0v) is 15.9. The van der Waals surface area contributed by atoms with Gasteiger partial charge in [0.25, 0.3) is 0 Å². The number of hydrogen-bond acceptors (Lipinski definition) is 0. The first-order valence-corrected chi connectivity index (χ1v) is 10.4. The maximum Gasteiger partial charge on any atom is 0.0145 e. The summed E-state index contributed by atoms with van der Waals surface area (Å²) in [5.41, 5.74) is 0. The van der Waals surface area contributed by atoms with E-state index >= 15 is 0 Å². The van der Waals surface area contributed by atoms with Gasteiger partial charge in [0, 0.05) is 4.83 Å². The van der Waals surface area contributed by atoms with Crippen molar-refractivity contribution in [2.24, 2.45) is 0 Å². The van der Waals surface area contributed by atoms with Gasteiger partial charge in [0.15, 0.2) is 0 Å². The lowest BCUT2D eigenvalue weighted by molar-refractivity contribution is 0.538. The Balaban J connectivity index is 3.11. The van der Waals surface area contributed by atoms with Crippen LogP contribution in [0.2, 0.25) is 0 Å². The molecule has 0 aliphatic carbocycles. The lowest BCUT2D eigenvalue weighted by atomic mass is 10.0. The Morgan fingerprint density at radius 1 is 0.500 bits per heavy atom. The standard InChI is InChI=1S/C19H39Br/c1-3-5-7-9-11-13-15-17-19(20)18-16-14-12-10-8-6-4-2/h19H,3-18H2,1-2H3. The average molecular weight is 347 g/mol. The van der Waals surface area contributed by atoms with E-state index < -0.39 is 0 Å². The van der Waals surface area contributed by atoms with Crippen molar-refractivity contribution in [1.82, 2.24) is 0 Å². The zero-order valence-electron chi connectivity index (χ0n) is 14.3. The first-order chi connectivity index (χ1) is 9.81. The molecule has 0 nitrogen and oxygen atoms in total. The molecule has 0 heterocycles. The van der Waals surface area contributed by atoms with E-state index in [1.807, 2.05) is 0 Å². The van der Waals surface area contributed by atoms with Crippen molar-refractivity contribution in [2.45, 2.75) is 121 Å². The van der Waals surface area contributed by atoms with Crippen LogP contribution >= 0.6 is 15.9 Å². The summed E-state index contributed by atoms with van der Waals surface area (Å²) in [6.45, 7) is 4.58. The van der Waals surface area contributed by atoms with E-state index in [1.165, 1.54) is 103 Å². The SMILES string of the molecule is CCCCCCCCCC(Br)CCCCCCCCC. The van der Waals surface area contributed by atoms with E-state index in [1.54, 1.807) is 0 Å². The predicted molar refractivity (Wildman–Crippen MR) is 97.9 cm³/mol. The molecule has 0 unspecified atom stereocenters. The molecule has 0 aromatic carbocycles. The third kappa shape index (κ3) is 16.5. The monoisotopic (exact) mass is 346 g/mol. The Morgan fingerprint density at radius 2 is 0.800 bits per heavy atom. The molecule has 20 heavy (non-hydrogen) atoms. The minimum atomic E-state index is 0.786. The first kappa shape index (κ1) is 20.5. The second-order valence-corrected chi connectivity index (χ2v) is 7.71. The van der Waals surface area contributed by atoms with E-state index in [0.29, 0.717) is 0 Å². The Bertz CT molecular complexity index is 149. The molecule has 0 aliphatic heterocycles. The summed E-state index contributed by atoms with van der Waals surface area (Å²) in [6, 6.07) is 0. The van der Waals surface area contributed by atoms with Crippen LogP contribution in [-0.2, 0) is 0 Å². The molecule has 0 saturated heterocycles. The van der Waals surface area contributed by atoms with Gasteiger partial charge in [-0.3, -0.25) is 0 Å². The summed E-state index contributed by atoms with van der Waals surface area (Å²) < 4.78 is 0. The molecule has 0 saturated carbocycles. The maximum atomic E-state index is 3.87. The first-order valence-electron chi connectivity index (χ1n) is 9.45. The molecule has 122 valence electrons. The molecule has 0 aromatic heterocycles. The minimum Gasteiger partial charge on any atom is -0.0891 e. The largest absolute Gasteiger partial charge is 0.0891 e. The van der Waals surface area contributed by atoms with Gasteiger partial charge in [-0.15, -0.1) is 0 Å². The fourth-order valence-electron chi connectivity index (χ4n) is 2.79. The van der Waals surface area contributed by atoms with E-state index in [2.05, 4.69) is 29.8 Å². The third-order valence-corrected chi connectivity index (χ3v) is 5.16. The number of alkyl halides is 1. The molecule has 1 heteroatoms. The van der Waals surface area contributed by atoms with Gasteiger partial charge in [0.05, 0.1) is 0 Å². The molecule has 0 aliphatic rings. The lowest BCUT2D eigenvalue weighted by Crippen LogP contribution is -1.97. The van der Waals surface area contributed by atoms with Gasteiger partial charge in [-0.05, 0) is 12.8 Å². The smallest absolute Gasteiger partial charge is 0.0145 e. The van der Waals surface area contributed by atoms with Crippen molar-refractivity contribution in [3.8, 4) is 0 Å². The van der Waals surface area contributed by atoms with Gasteiger partial charge < -0.3 is 0 Å². The van der Waals surface area contributed by atoms with E-state index in [4.69, 9.17) is 0 Å². The van der Waals surface area contributed by atoms with Gasteiger partial charge in [0.2, 0.25) is 0 Å². The normalized spacial score (nSPS) is 11.4. The Morgan fingerprint density at radius 3 is 1.15 bits per heavy atom. The minimum absolute atomic E-state index is 0.786. The van der Waals surface area contributed by atoms with Crippen molar-refractivity contribution in [1.29, 1.82) is 0 Å². The van der Waals surface area contributed by atoms with Crippen molar-refractivity contribution < 1.29 is 0 Å². The van der Waals surface area contributed by atoms with E-state index in [0.717, 1.165) is 4.83 Å². The fraction of sp³-hybridized carbons (Fsp3) is 1.00. The van der Waals surface area contributed by atoms with Crippen LogP contribution in [0.1, 0.15) is 117 Å². The third-order valence-electron chi connectivity index (χ3n) is 4.24. The summed E-state index contributed by atoms with van der Waals surface area (Å²) >= 11 is 3.87. The topological polar surface area (TPSA) is 0 Å². The summed E-state index contributed by atoms with van der Waals surface area (Å²) in [5, 5.41) is 0. The van der Waals surface area contributed by atoms with Gasteiger partial charge in [0.1, 0.15) is 0 Å². The molecule has 0 aromatic rings. The van der Waals surface area contributed by atoms with Crippen LogP contribution in [0.15, 0.2) is 0 Å². The molecule has 0 bridgehead atoms. The summed E-state index contributed by atoms with van der Waals surface area (Å²) in [7, 11) is 0. The molecule has 0 rings (SSSR count). The van der Waals surface area contributed by atoms with Crippen molar-refractivity contribution in [3.63, 3.8) is 0 Å². The second-order valence-electron chi connectivity index (χ2n) is 6.42. The average Bonchev–Trinajstić information content (AvgIpc) is 2.45. The van der Waals surface area contributed by atoms with Crippen LogP contribution in [0.4, 0.5) is 0 Å². The highest BCUT2D eigenvalue weighted by Crippen LogP contribution is 2.19. The summed E-state index contributed by atoms with van der Waals surface area (Å²) in [4.78, 5) is 0.786. The second kappa shape index (κ2) is 17.5. The Kier molecular flexibility index (Phi) is 18.0. The van der Waals surface area contributed by atoms with Crippen LogP contribution < -0.4 is 0 Å². The zero-order chi connectivity index (χ0) is 14.9.